The number of carbonyl (C=O) groups excluding carboxylic acids is 2. The Labute approximate surface area is 134 Å². The molecule has 0 atom stereocenters. The number of hydrogen-bond acceptors (Lipinski definition) is 5. The first-order chi connectivity index (χ1) is 10.6. The summed E-state index contributed by atoms with van der Waals surface area (Å²) in [6.07, 6.45) is 2.43. The summed E-state index contributed by atoms with van der Waals surface area (Å²) < 4.78 is 10.9. The van der Waals surface area contributed by atoms with Gasteiger partial charge in [0, 0.05) is 12.1 Å². The van der Waals surface area contributed by atoms with Crippen LogP contribution in [0.15, 0.2) is 23.1 Å². The third kappa shape index (κ3) is 3.27. The summed E-state index contributed by atoms with van der Waals surface area (Å²) in [4.78, 5) is 25.8. The number of para-hydroxylation sites is 1. The van der Waals surface area contributed by atoms with Crippen LogP contribution in [-0.4, -0.2) is 36.3 Å². The summed E-state index contributed by atoms with van der Waals surface area (Å²) >= 11 is 0.959. The Bertz CT molecular complexity index is 612. The fourth-order valence-electron chi connectivity index (χ4n) is 2.16. The number of ether oxygens (including phenoxy) is 2. The highest BCUT2D eigenvalue weighted by Gasteiger charge is 2.34. The topological polar surface area (TPSA) is 55.8 Å². The van der Waals surface area contributed by atoms with Gasteiger partial charge in [0.25, 0.3) is 11.1 Å². The summed E-state index contributed by atoms with van der Waals surface area (Å²) in [6.45, 7) is 4.74. The molecule has 1 aromatic carbocycles. The van der Waals surface area contributed by atoms with E-state index in [0.29, 0.717) is 29.6 Å². The number of thioether (sulfide) groups is 1. The Kier molecular flexibility index (Phi) is 5.49. The molecule has 1 fully saturated rings. The lowest BCUT2D eigenvalue weighted by atomic mass is 10.1. The van der Waals surface area contributed by atoms with Gasteiger partial charge in [0.15, 0.2) is 11.5 Å². The monoisotopic (exact) mass is 321 g/mol. The van der Waals surface area contributed by atoms with E-state index in [2.05, 4.69) is 0 Å². The molecular weight excluding hydrogens is 302 g/mol. The Morgan fingerprint density at radius 2 is 2.05 bits per heavy atom. The second kappa shape index (κ2) is 7.35. The number of nitrogens with zero attached hydrogens (tertiary/aromatic N) is 1. The first-order valence-electron chi connectivity index (χ1n) is 7.17. The van der Waals surface area contributed by atoms with E-state index in [1.165, 1.54) is 4.90 Å². The van der Waals surface area contributed by atoms with Gasteiger partial charge in [0.05, 0.1) is 18.6 Å². The third-order valence-corrected chi connectivity index (χ3v) is 4.03. The molecule has 1 aliphatic heterocycles. The van der Waals surface area contributed by atoms with Crippen molar-refractivity contribution in [2.75, 3.05) is 20.3 Å². The summed E-state index contributed by atoms with van der Waals surface area (Å²) in [6, 6.07) is 5.45. The molecule has 118 valence electrons. The molecule has 0 unspecified atom stereocenters. The number of rotatable bonds is 6. The highest BCUT2D eigenvalue weighted by Crippen LogP contribution is 2.37. The van der Waals surface area contributed by atoms with E-state index < -0.39 is 0 Å². The van der Waals surface area contributed by atoms with Gasteiger partial charge < -0.3 is 9.47 Å². The third-order valence-electron chi connectivity index (χ3n) is 3.13. The molecule has 2 amide bonds. The van der Waals surface area contributed by atoms with Gasteiger partial charge >= 0.3 is 0 Å². The van der Waals surface area contributed by atoms with Gasteiger partial charge in [0.1, 0.15) is 0 Å². The van der Waals surface area contributed by atoms with E-state index in [0.717, 1.165) is 23.7 Å². The van der Waals surface area contributed by atoms with Crippen LogP contribution in [0.3, 0.4) is 0 Å². The van der Waals surface area contributed by atoms with Gasteiger partial charge in [-0.25, -0.2) is 0 Å². The summed E-state index contributed by atoms with van der Waals surface area (Å²) in [5.74, 6) is 0.931. The zero-order chi connectivity index (χ0) is 16.1. The van der Waals surface area contributed by atoms with Gasteiger partial charge in [-0.1, -0.05) is 19.1 Å². The Morgan fingerprint density at radius 3 is 2.68 bits per heavy atom. The van der Waals surface area contributed by atoms with Crippen molar-refractivity contribution in [3.63, 3.8) is 0 Å². The molecule has 5 nitrogen and oxygen atoms in total. The number of imide groups is 1. The molecule has 1 heterocycles. The SMILES string of the molecule is CCCN1C(=O)S/C(=C/c2cccc(OC)c2OCC)C1=O. The predicted molar refractivity (Wildman–Crippen MR) is 87.1 cm³/mol. The number of amides is 2. The minimum absolute atomic E-state index is 0.223. The second-order valence-electron chi connectivity index (χ2n) is 4.64. The van der Waals surface area contributed by atoms with Crippen LogP contribution in [0.25, 0.3) is 6.08 Å². The first-order valence-corrected chi connectivity index (χ1v) is 7.99. The molecule has 0 saturated carbocycles. The highest BCUT2D eigenvalue weighted by atomic mass is 32.2. The van der Waals surface area contributed by atoms with Gasteiger partial charge in [-0.2, -0.15) is 0 Å². The van der Waals surface area contributed by atoms with Crippen molar-refractivity contribution in [1.29, 1.82) is 0 Å². The lowest BCUT2D eigenvalue weighted by Gasteiger charge is -2.12. The molecule has 0 radical (unpaired) electrons. The Hall–Kier alpha value is -1.95. The molecule has 0 bridgehead atoms. The van der Waals surface area contributed by atoms with Gasteiger partial charge in [0.2, 0.25) is 0 Å². The van der Waals surface area contributed by atoms with Crippen LogP contribution in [0.4, 0.5) is 4.79 Å². The molecular formula is C16H19NO4S. The molecule has 1 aliphatic rings. The molecule has 1 saturated heterocycles. The second-order valence-corrected chi connectivity index (χ2v) is 5.64. The predicted octanol–water partition coefficient (Wildman–Crippen LogP) is 3.54. The first kappa shape index (κ1) is 16.4. The zero-order valence-electron chi connectivity index (χ0n) is 12.9. The van der Waals surface area contributed by atoms with Crippen LogP contribution >= 0.6 is 11.8 Å². The quantitative estimate of drug-likeness (QED) is 0.750. The van der Waals surface area contributed by atoms with Crippen molar-refractivity contribution in [2.24, 2.45) is 0 Å². The molecule has 0 aliphatic carbocycles. The van der Waals surface area contributed by atoms with Gasteiger partial charge in [-0.15, -0.1) is 0 Å². The molecule has 6 heteroatoms. The van der Waals surface area contributed by atoms with Crippen LogP contribution in [0, 0.1) is 0 Å². The van der Waals surface area contributed by atoms with Gasteiger partial charge in [-0.05, 0) is 37.2 Å². The fraction of sp³-hybridized carbons (Fsp3) is 0.375. The Balaban J connectivity index is 2.37. The van der Waals surface area contributed by atoms with Crippen molar-refractivity contribution < 1.29 is 19.1 Å². The van der Waals surface area contributed by atoms with Crippen molar-refractivity contribution >= 4 is 29.0 Å². The van der Waals surface area contributed by atoms with E-state index in [1.54, 1.807) is 19.3 Å². The van der Waals surface area contributed by atoms with Crippen molar-refractivity contribution in [3.8, 4) is 11.5 Å². The van der Waals surface area contributed by atoms with E-state index in [4.69, 9.17) is 9.47 Å². The lowest BCUT2D eigenvalue weighted by molar-refractivity contribution is -0.122. The largest absolute Gasteiger partial charge is 0.493 e. The standard InChI is InChI=1S/C16H19NO4S/c1-4-9-17-15(18)13(22-16(17)19)10-11-7-6-8-12(20-3)14(11)21-5-2/h6-8,10H,4-5,9H2,1-3H3/b13-10+. The summed E-state index contributed by atoms with van der Waals surface area (Å²) in [5.41, 5.74) is 0.725. The van der Waals surface area contributed by atoms with E-state index >= 15 is 0 Å². The number of hydrogen-bond donors (Lipinski definition) is 0. The summed E-state index contributed by atoms with van der Waals surface area (Å²) in [5, 5.41) is -0.223. The van der Waals surface area contributed by atoms with E-state index in [1.807, 2.05) is 26.0 Å². The minimum Gasteiger partial charge on any atom is -0.493 e. The van der Waals surface area contributed by atoms with Crippen molar-refractivity contribution in [2.45, 2.75) is 20.3 Å². The number of methoxy groups -OCH3 is 1. The zero-order valence-corrected chi connectivity index (χ0v) is 13.7. The summed E-state index contributed by atoms with van der Waals surface area (Å²) in [7, 11) is 1.57. The minimum atomic E-state index is -0.248. The van der Waals surface area contributed by atoms with Crippen LogP contribution in [-0.2, 0) is 4.79 Å². The van der Waals surface area contributed by atoms with Crippen LogP contribution in [0.2, 0.25) is 0 Å². The molecule has 0 N–H and O–H groups in total. The fourth-order valence-corrected chi connectivity index (χ4v) is 3.02. The van der Waals surface area contributed by atoms with Crippen LogP contribution in [0.1, 0.15) is 25.8 Å². The normalized spacial score (nSPS) is 16.5. The maximum absolute atomic E-state index is 12.3. The smallest absolute Gasteiger partial charge is 0.293 e. The van der Waals surface area contributed by atoms with Crippen LogP contribution < -0.4 is 9.47 Å². The molecule has 1 aromatic rings. The highest BCUT2D eigenvalue weighted by molar-refractivity contribution is 8.18. The number of benzene rings is 1. The van der Waals surface area contributed by atoms with Crippen molar-refractivity contribution in [3.05, 3.63) is 28.7 Å². The Morgan fingerprint density at radius 1 is 1.27 bits per heavy atom. The molecule has 0 aromatic heterocycles. The average Bonchev–Trinajstić information content (AvgIpc) is 2.77. The average molecular weight is 321 g/mol. The van der Waals surface area contributed by atoms with Gasteiger partial charge in [-0.3, -0.25) is 14.5 Å². The molecule has 2 rings (SSSR count). The maximum Gasteiger partial charge on any atom is 0.293 e. The maximum atomic E-state index is 12.3. The van der Waals surface area contributed by atoms with Crippen LogP contribution in [0.5, 0.6) is 11.5 Å². The van der Waals surface area contributed by atoms with Crippen molar-refractivity contribution in [1.82, 2.24) is 4.90 Å². The number of carbonyl (C=O) groups is 2. The lowest BCUT2D eigenvalue weighted by Crippen LogP contribution is -2.28. The molecule has 0 spiro atoms. The molecule has 22 heavy (non-hydrogen) atoms. The van der Waals surface area contributed by atoms with E-state index in [9.17, 15) is 9.59 Å². The van der Waals surface area contributed by atoms with E-state index in [-0.39, 0.29) is 11.1 Å².